The second-order valence-corrected chi connectivity index (χ2v) is 5.38. The van der Waals surface area contributed by atoms with E-state index in [0.29, 0.717) is 5.69 Å². The summed E-state index contributed by atoms with van der Waals surface area (Å²) in [5, 5.41) is 5.41. The molecule has 0 saturated carbocycles. The predicted octanol–water partition coefficient (Wildman–Crippen LogP) is 2.28. The molecule has 3 rings (SSSR count). The second-order valence-electron chi connectivity index (χ2n) is 5.38. The number of para-hydroxylation sites is 1. The number of carbonyl (C=O) groups excluding carboxylic acids is 1. The number of rotatable bonds is 3. The predicted molar refractivity (Wildman–Crippen MR) is 68.7 cm³/mol. The van der Waals surface area contributed by atoms with E-state index in [1.807, 2.05) is 28.9 Å². The van der Waals surface area contributed by atoms with Gasteiger partial charge >= 0.3 is 0 Å². The van der Waals surface area contributed by atoms with Crippen molar-refractivity contribution < 1.29 is 9.53 Å². The van der Waals surface area contributed by atoms with E-state index in [4.69, 9.17) is 4.74 Å². The molecule has 0 unspecified atom stereocenters. The zero-order chi connectivity index (χ0) is 12.8. The van der Waals surface area contributed by atoms with Crippen molar-refractivity contribution in [3.63, 3.8) is 0 Å². The van der Waals surface area contributed by atoms with Gasteiger partial charge in [0, 0.05) is 17.7 Å². The molecule has 1 aliphatic heterocycles. The van der Waals surface area contributed by atoms with Crippen molar-refractivity contribution in [1.29, 1.82) is 0 Å². The number of ketones is 1. The van der Waals surface area contributed by atoms with Crippen LogP contribution in [0.25, 0.3) is 10.9 Å². The van der Waals surface area contributed by atoms with E-state index in [-0.39, 0.29) is 11.2 Å². The van der Waals surface area contributed by atoms with Crippen LogP contribution in [-0.4, -0.2) is 28.8 Å². The third kappa shape index (κ3) is 1.73. The number of hydrogen-bond donors (Lipinski definition) is 0. The first-order valence-electron chi connectivity index (χ1n) is 6.13. The van der Waals surface area contributed by atoms with Crippen LogP contribution in [0.5, 0.6) is 0 Å². The Hall–Kier alpha value is -1.68. The molecule has 0 atom stereocenters. The van der Waals surface area contributed by atoms with Crippen molar-refractivity contribution in [2.24, 2.45) is 5.41 Å². The molecule has 0 bridgehead atoms. The molecule has 4 heteroatoms. The van der Waals surface area contributed by atoms with Crippen LogP contribution in [0.3, 0.4) is 0 Å². The van der Waals surface area contributed by atoms with Crippen LogP contribution >= 0.6 is 0 Å². The van der Waals surface area contributed by atoms with Gasteiger partial charge in [0.15, 0.2) is 5.78 Å². The summed E-state index contributed by atoms with van der Waals surface area (Å²) >= 11 is 0. The standard InChI is InChI=1S/C14H16N2O2/c1-10(17)13-11-5-3-4-6-12(11)16(15-13)7-14(2)8-18-9-14/h3-6H,7-9H2,1-2H3. The number of nitrogens with zero attached hydrogens (tertiary/aromatic N) is 2. The maximum absolute atomic E-state index is 11.6. The molecule has 1 fully saturated rings. The van der Waals surface area contributed by atoms with Crippen LogP contribution in [0.1, 0.15) is 24.3 Å². The second kappa shape index (κ2) is 3.92. The summed E-state index contributed by atoms with van der Waals surface area (Å²) in [5.41, 5.74) is 1.73. The Morgan fingerprint density at radius 1 is 1.44 bits per heavy atom. The summed E-state index contributed by atoms with van der Waals surface area (Å²) in [4.78, 5) is 11.6. The highest BCUT2D eigenvalue weighted by Crippen LogP contribution is 2.30. The molecule has 1 aromatic heterocycles. The number of carbonyl (C=O) groups is 1. The van der Waals surface area contributed by atoms with Gasteiger partial charge < -0.3 is 4.74 Å². The lowest BCUT2D eigenvalue weighted by Gasteiger charge is -2.37. The first-order chi connectivity index (χ1) is 8.59. The molecule has 1 aromatic carbocycles. The summed E-state index contributed by atoms with van der Waals surface area (Å²) in [6, 6.07) is 7.88. The molecule has 0 radical (unpaired) electrons. The Bertz CT molecular complexity index is 611. The van der Waals surface area contributed by atoms with Gasteiger partial charge in [-0.05, 0) is 6.07 Å². The van der Waals surface area contributed by atoms with Crippen LogP contribution in [0, 0.1) is 5.41 Å². The minimum Gasteiger partial charge on any atom is -0.380 e. The van der Waals surface area contributed by atoms with Gasteiger partial charge in [-0.25, -0.2) is 0 Å². The summed E-state index contributed by atoms with van der Waals surface area (Å²) in [7, 11) is 0. The minimum atomic E-state index is 0.0139. The highest BCUT2D eigenvalue weighted by Gasteiger charge is 2.34. The molecular formula is C14H16N2O2. The summed E-state index contributed by atoms with van der Waals surface area (Å²) in [5.74, 6) is 0.0139. The normalized spacial score (nSPS) is 17.7. The molecule has 2 aromatic rings. The fourth-order valence-electron chi connectivity index (χ4n) is 2.41. The van der Waals surface area contributed by atoms with E-state index >= 15 is 0 Å². The first kappa shape index (κ1) is 11.4. The monoisotopic (exact) mass is 244 g/mol. The van der Waals surface area contributed by atoms with Crippen molar-refractivity contribution in [2.75, 3.05) is 13.2 Å². The molecule has 18 heavy (non-hydrogen) atoms. The largest absolute Gasteiger partial charge is 0.380 e. The van der Waals surface area contributed by atoms with Crippen LogP contribution in [0.2, 0.25) is 0 Å². The van der Waals surface area contributed by atoms with Crippen LogP contribution < -0.4 is 0 Å². The zero-order valence-electron chi connectivity index (χ0n) is 10.6. The fourth-order valence-corrected chi connectivity index (χ4v) is 2.41. The van der Waals surface area contributed by atoms with Gasteiger partial charge in [-0.1, -0.05) is 25.1 Å². The van der Waals surface area contributed by atoms with E-state index in [0.717, 1.165) is 30.7 Å². The Balaban J connectivity index is 2.08. The molecule has 4 nitrogen and oxygen atoms in total. The average molecular weight is 244 g/mol. The molecule has 1 aliphatic rings. The molecule has 0 amide bonds. The van der Waals surface area contributed by atoms with Crippen molar-refractivity contribution in [2.45, 2.75) is 20.4 Å². The zero-order valence-corrected chi connectivity index (χ0v) is 10.6. The van der Waals surface area contributed by atoms with Crippen molar-refractivity contribution in [1.82, 2.24) is 9.78 Å². The number of fused-ring (bicyclic) bond motifs is 1. The quantitative estimate of drug-likeness (QED) is 0.778. The highest BCUT2D eigenvalue weighted by atomic mass is 16.5. The summed E-state index contributed by atoms with van der Waals surface area (Å²) in [6.07, 6.45) is 0. The van der Waals surface area contributed by atoms with Gasteiger partial charge in [0.05, 0.1) is 25.3 Å². The van der Waals surface area contributed by atoms with E-state index in [1.165, 1.54) is 0 Å². The smallest absolute Gasteiger partial charge is 0.180 e. The van der Waals surface area contributed by atoms with Crippen molar-refractivity contribution in [3.8, 4) is 0 Å². The lowest BCUT2D eigenvalue weighted by molar-refractivity contribution is -0.111. The molecule has 1 saturated heterocycles. The van der Waals surface area contributed by atoms with Gasteiger partial charge in [0.1, 0.15) is 5.69 Å². The van der Waals surface area contributed by atoms with E-state index in [1.54, 1.807) is 6.92 Å². The van der Waals surface area contributed by atoms with E-state index < -0.39 is 0 Å². The maximum Gasteiger partial charge on any atom is 0.180 e. The van der Waals surface area contributed by atoms with Crippen LogP contribution in [0.15, 0.2) is 24.3 Å². The number of ether oxygens (including phenoxy) is 1. The van der Waals surface area contributed by atoms with Gasteiger partial charge in [0.2, 0.25) is 0 Å². The topological polar surface area (TPSA) is 44.1 Å². The molecule has 0 N–H and O–H groups in total. The number of aromatic nitrogens is 2. The minimum absolute atomic E-state index is 0.0139. The average Bonchev–Trinajstić information content (AvgIpc) is 2.67. The SMILES string of the molecule is CC(=O)c1nn(CC2(C)COC2)c2ccccc12. The molecule has 0 aliphatic carbocycles. The number of Topliss-reactive ketones (excluding diaryl/α,β-unsaturated/α-hetero) is 1. The Morgan fingerprint density at radius 3 is 2.78 bits per heavy atom. The van der Waals surface area contributed by atoms with Gasteiger partial charge in [0.25, 0.3) is 0 Å². The first-order valence-corrected chi connectivity index (χ1v) is 6.13. The van der Waals surface area contributed by atoms with Crippen molar-refractivity contribution in [3.05, 3.63) is 30.0 Å². The highest BCUT2D eigenvalue weighted by molar-refractivity contribution is 6.04. The third-order valence-corrected chi connectivity index (χ3v) is 3.42. The van der Waals surface area contributed by atoms with Gasteiger partial charge in [-0.3, -0.25) is 9.48 Å². The Kier molecular flexibility index (Phi) is 2.48. The number of benzene rings is 1. The lowest BCUT2D eigenvalue weighted by Crippen LogP contribution is -2.43. The molecular weight excluding hydrogens is 228 g/mol. The van der Waals surface area contributed by atoms with Crippen molar-refractivity contribution >= 4 is 16.7 Å². The van der Waals surface area contributed by atoms with E-state index in [2.05, 4.69) is 12.0 Å². The molecule has 2 heterocycles. The van der Waals surface area contributed by atoms with Crippen LogP contribution in [-0.2, 0) is 11.3 Å². The number of hydrogen-bond acceptors (Lipinski definition) is 3. The third-order valence-electron chi connectivity index (χ3n) is 3.42. The summed E-state index contributed by atoms with van der Waals surface area (Å²) in [6.45, 7) is 6.06. The lowest BCUT2D eigenvalue weighted by atomic mass is 9.89. The Morgan fingerprint density at radius 2 is 2.17 bits per heavy atom. The fraction of sp³-hybridized carbons (Fsp3) is 0.429. The molecule has 0 spiro atoms. The maximum atomic E-state index is 11.6. The van der Waals surface area contributed by atoms with Gasteiger partial charge in [-0.2, -0.15) is 5.10 Å². The van der Waals surface area contributed by atoms with Crippen LogP contribution in [0.4, 0.5) is 0 Å². The molecule has 94 valence electrons. The Labute approximate surface area is 106 Å². The van der Waals surface area contributed by atoms with Gasteiger partial charge in [-0.15, -0.1) is 0 Å². The summed E-state index contributed by atoms with van der Waals surface area (Å²) < 4.78 is 7.21. The van der Waals surface area contributed by atoms with E-state index in [9.17, 15) is 4.79 Å².